The Labute approximate surface area is 241 Å². The molecule has 3 unspecified atom stereocenters. The Morgan fingerprint density at radius 3 is 2.37 bits per heavy atom. The number of carbonyl (C=O) groups is 1. The van der Waals surface area contributed by atoms with Gasteiger partial charge in [0.05, 0.1) is 40.5 Å². The molecule has 3 aliphatic rings. The van der Waals surface area contributed by atoms with E-state index in [2.05, 4.69) is 38.1 Å². The highest BCUT2D eigenvalue weighted by atomic mass is 32.2. The van der Waals surface area contributed by atoms with Crippen molar-refractivity contribution in [3.63, 3.8) is 0 Å². The zero-order valence-corrected chi connectivity index (χ0v) is 24.2. The molecule has 12 heteroatoms. The molecular formula is C29H36N8O3S. The molecule has 0 bridgehead atoms. The van der Waals surface area contributed by atoms with Crippen LogP contribution in [-0.2, 0) is 21.4 Å². The Morgan fingerprint density at radius 1 is 1.07 bits per heavy atom. The van der Waals surface area contributed by atoms with Crippen molar-refractivity contribution in [2.75, 3.05) is 39.0 Å². The van der Waals surface area contributed by atoms with Gasteiger partial charge in [-0.25, -0.2) is 23.2 Å². The minimum absolute atomic E-state index is 0.0362. The second-order valence-corrected chi connectivity index (χ2v) is 13.4. The van der Waals surface area contributed by atoms with E-state index in [1.54, 1.807) is 24.3 Å². The quantitative estimate of drug-likeness (QED) is 0.429. The van der Waals surface area contributed by atoms with E-state index in [-0.39, 0.29) is 22.8 Å². The SMILES string of the molecule is CN(C)S(=O)(=O)c1ccc(NC2NN(C3(CC#N)CCN(Cc4ccc(C#N)cc4)CC3)C3CCNC(=O)C23)cc1. The zero-order valence-electron chi connectivity index (χ0n) is 23.4. The summed E-state index contributed by atoms with van der Waals surface area (Å²) in [7, 11) is -0.554. The van der Waals surface area contributed by atoms with Gasteiger partial charge in [0.25, 0.3) is 0 Å². The standard InChI is InChI=1S/C29H36N8O3S/c1-35(2)41(39,40)24-9-7-23(8-10-24)33-27-26-25(11-16-32-28(26)38)37(34-27)29(12-15-30)13-17-36(18-14-29)20-22-5-3-21(19-31)4-6-22/h3-10,25-27,33-34H,11-14,16-18,20H2,1-2H3,(H,32,38). The number of benzene rings is 2. The molecule has 3 atom stereocenters. The summed E-state index contributed by atoms with van der Waals surface area (Å²) in [6.45, 7) is 2.97. The molecule has 216 valence electrons. The van der Waals surface area contributed by atoms with Crippen molar-refractivity contribution < 1.29 is 13.2 Å². The second-order valence-electron chi connectivity index (χ2n) is 11.2. The summed E-state index contributed by atoms with van der Waals surface area (Å²) < 4.78 is 26.1. The van der Waals surface area contributed by atoms with Crippen molar-refractivity contribution in [1.82, 2.24) is 25.0 Å². The van der Waals surface area contributed by atoms with Gasteiger partial charge in [-0.3, -0.25) is 9.69 Å². The minimum Gasteiger partial charge on any atom is -0.368 e. The van der Waals surface area contributed by atoms with Gasteiger partial charge in [-0.1, -0.05) is 12.1 Å². The van der Waals surface area contributed by atoms with Crippen molar-refractivity contribution in [3.05, 3.63) is 59.7 Å². The van der Waals surface area contributed by atoms with Crippen LogP contribution >= 0.6 is 0 Å². The summed E-state index contributed by atoms with van der Waals surface area (Å²) in [5, 5.41) is 27.6. The molecular weight excluding hydrogens is 540 g/mol. The Hall–Kier alpha value is -3.52. The molecule has 0 aliphatic carbocycles. The minimum atomic E-state index is -3.54. The van der Waals surface area contributed by atoms with Gasteiger partial charge in [-0.2, -0.15) is 10.5 Å². The highest BCUT2D eigenvalue weighted by molar-refractivity contribution is 7.89. The van der Waals surface area contributed by atoms with Crippen molar-refractivity contribution in [2.24, 2.45) is 5.92 Å². The highest BCUT2D eigenvalue weighted by Gasteiger charge is 2.54. The van der Waals surface area contributed by atoms with Crippen LogP contribution in [0.25, 0.3) is 0 Å². The van der Waals surface area contributed by atoms with E-state index < -0.39 is 21.7 Å². The first-order chi connectivity index (χ1) is 19.7. The maximum atomic E-state index is 13.1. The number of rotatable bonds is 8. The van der Waals surface area contributed by atoms with Gasteiger partial charge in [0, 0.05) is 52.0 Å². The van der Waals surface area contributed by atoms with Gasteiger partial charge in [0.15, 0.2) is 0 Å². The number of sulfonamides is 1. The number of carbonyl (C=O) groups excluding carboxylic acids is 1. The fourth-order valence-corrected chi connectivity index (χ4v) is 7.15. The van der Waals surface area contributed by atoms with Crippen molar-refractivity contribution in [3.8, 4) is 12.1 Å². The molecule has 3 heterocycles. The molecule has 2 aromatic rings. The third-order valence-corrected chi connectivity index (χ3v) is 10.4. The monoisotopic (exact) mass is 576 g/mol. The normalized spacial score (nSPS) is 24.7. The van der Waals surface area contributed by atoms with E-state index in [9.17, 15) is 18.5 Å². The maximum Gasteiger partial charge on any atom is 0.242 e. The molecule has 1 amide bonds. The molecule has 2 aromatic carbocycles. The molecule has 41 heavy (non-hydrogen) atoms. The lowest BCUT2D eigenvalue weighted by atomic mass is 9.81. The molecule has 3 fully saturated rings. The van der Waals surface area contributed by atoms with Crippen LogP contribution in [0.1, 0.15) is 36.8 Å². The first-order valence-electron chi connectivity index (χ1n) is 13.9. The smallest absolute Gasteiger partial charge is 0.242 e. The predicted molar refractivity (Wildman–Crippen MR) is 153 cm³/mol. The van der Waals surface area contributed by atoms with Crippen LogP contribution in [0.3, 0.4) is 0 Å². The fraction of sp³-hybridized carbons (Fsp3) is 0.483. The van der Waals surface area contributed by atoms with Gasteiger partial charge in [-0.15, -0.1) is 0 Å². The zero-order chi connectivity index (χ0) is 29.2. The average molecular weight is 577 g/mol. The summed E-state index contributed by atoms with van der Waals surface area (Å²) in [6, 6.07) is 18.7. The van der Waals surface area contributed by atoms with Crippen LogP contribution < -0.4 is 16.1 Å². The van der Waals surface area contributed by atoms with Gasteiger partial charge in [-0.05, 0) is 61.2 Å². The van der Waals surface area contributed by atoms with Crippen molar-refractivity contribution in [1.29, 1.82) is 10.5 Å². The molecule has 3 aliphatic heterocycles. The molecule has 5 rings (SSSR count). The molecule has 11 nitrogen and oxygen atoms in total. The lowest BCUT2D eigenvalue weighted by Crippen LogP contribution is -2.62. The summed E-state index contributed by atoms with van der Waals surface area (Å²) in [6.07, 6.45) is 2.25. The van der Waals surface area contributed by atoms with Crippen molar-refractivity contribution >= 4 is 21.6 Å². The lowest BCUT2D eigenvalue weighted by molar-refractivity contribution is -0.128. The summed E-state index contributed by atoms with van der Waals surface area (Å²) >= 11 is 0. The molecule has 0 spiro atoms. The van der Waals surface area contributed by atoms with E-state index >= 15 is 0 Å². The number of amides is 1. The van der Waals surface area contributed by atoms with E-state index in [1.807, 2.05) is 24.3 Å². The van der Waals surface area contributed by atoms with Gasteiger partial charge >= 0.3 is 0 Å². The van der Waals surface area contributed by atoms with E-state index in [4.69, 9.17) is 5.26 Å². The molecule has 3 N–H and O–H groups in total. The Balaban J connectivity index is 1.32. The van der Waals surface area contributed by atoms with Gasteiger partial charge < -0.3 is 10.6 Å². The number of hydrazine groups is 1. The van der Waals surface area contributed by atoms with Crippen LogP contribution in [0, 0.1) is 28.6 Å². The Bertz CT molecular complexity index is 1440. The Kier molecular flexibility index (Phi) is 8.32. The summed E-state index contributed by atoms with van der Waals surface area (Å²) in [4.78, 5) is 15.7. The molecule has 0 saturated carbocycles. The third kappa shape index (κ3) is 5.80. The van der Waals surface area contributed by atoms with Crippen LogP contribution in [0.15, 0.2) is 53.4 Å². The molecule has 3 saturated heterocycles. The maximum absolute atomic E-state index is 13.1. The van der Waals surface area contributed by atoms with E-state index in [0.29, 0.717) is 24.2 Å². The third-order valence-electron chi connectivity index (χ3n) is 8.58. The Morgan fingerprint density at radius 2 is 1.76 bits per heavy atom. The first kappa shape index (κ1) is 29.0. The molecule has 0 radical (unpaired) electrons. The van der Waals surface area contributed by atoms with Crippen LogP contribution in [-0.4, -0.2) is 80.0 Å². The largest absolute Gasteiger partial charge is 0.368 e. The number of hydrogen-bond acceptors (Lipinski definition) is 9. The number of likely N-dealkylation sites (tertiary alicyclic amines) is 1. The number of hydrogen-bond donors (Lipinski definition) is 3. The summed E-state index contributed by atoms with van der Waals surface area (Å²) in [5.41, 5.74) is 5.65. The van der Waals surface area contributed by atoms with Crippen LogP contribution in [0.2, 0.25) is 0 Å². The van der Waals surface area contributed by atoms with Crippen LogP contribution in [0.4, 0.5) is 5.69 Å². The molecule has 0 aromatic heterocycles. The fourth-order valence-electron chi connectivity index (χ4n) is 6.25. The predicted octanol–water partition coefficient (Wildman–Crippen LogP) is 1.82. The van der Waals surface area contributed by atoms with Gasteiger partial charge in [0.1, 0.15) is 6.17 Å². The number of piperidine rings is 2. The number of nitriles is 2. The van der Waals surface area contributed by atoms with E-state index in [0.717, 1.165) is 44.5 Å². The number of anilines is 1. The summed E-state index contributed by atoms with van der Waals surface area (Å²) in [5.74, 6) is -0.410. The number of fused-ring (bicyclic) bond motifs is 1. The van der Waals surface area contributed by atoms with E-state index in [1.165, 1.54) is 18.4 Å². The number of nitrogens with one attached hydrogen (secondary N) is 3. The van der Waals surface area contributed by atoms with Crippen LogP contribution in [0.5, 0.6) is 0 Å². The van der Waals surface area contributed by atoms with Gasteiger partial charge in [0.2, 0.25) is 15.9 Å². The number of nitrogens with zero attached hydrogens (tertiary/aromatic N) is 5. The topological polar surface area (TPSA) is 145 Å². The lowest BCUT2D eigenvalue weighted by Gasteiger charge is -2.49. The first-order valence-corrected chi connectivity index (χ1v) is 15.3. The highest BCUT2D eigenvalue weighted by Crippen LogP contribution is 2.40. The second kappa shape index (κ2) is 11.8. The average Bonchev–Trinajstić information content (AvgIpc) is 3.35. The van der Waals surface area contributed by atoms with Crippen molar-refractivity contribution in [2.45, 2.75) is 54.9 Å².